The van der Waals surface area contributed by atoms with Crippen molar-refractivity contribution in [3.05, 3.63) is 46.6 Å². The fourth-order valence-corrected chi connectivity index (χ4v) is 2.27. The van der Waals surface area contributed by atoms with E-state index in [-0.39, 0.29) is 11.5 Å². The standard InChI is InChI=1S/C13H9BrN4O2.C2HF3O2/c14-9-3-1-8-6-10(4-2-7(8)5-9)15-12-11(13(19)20)16-18-17-12;3-2(4,5)1(6)7/h1-6H,(H,19,20)(H2,15,16,17,18);(H,6,7). The molecule has 1 heterocycles. The number of aromatic amines is 1. The number of alkyl halides is 3. The molecule has 1 aromatic heterocycles. The van der Waals surface area contributed by atoms with Crippen LogP contribution in [0.3, 0.4) is 0 Å². The first-order valence-corrected chi connectivity index (χ1v) is 7.78. The van der Waals surface area contributed by atoms with E-state index in [1.807, 2.05) is 36.4 Å². The highest BCUT2D eigenvalue weighted by molar-refractivity contribution is 9.10. The first-order chi connectivity index (χ1) is 12.6. The molecule has 3 aromatic rings. The highest BCUT2D eigenvalue weighted by Crippen LogP contribution is 2.25. The van der Waals surface area contributed by atoms with Gasteiger partial charge in [0, 0.05) is 10.2 Å². The van der Waals surface area contributed by atoms with E-state index >= 15 is 0 Å². The minimum Gasteiger partial charge on any atom is -0.476 e. The van der Waals surface area contributed by atoms with Crippen LogP contribution in [0.15, 0.2) is 40.9 Å². The number of H-pyrrole nitrogens is 1. The molecule has 0 fully saturated rings. The highest BCUT2D eigenvalue weighted by atomic mass is 79.9. The molecule has 12 heteroatoms. The molecule has 27 heavy (non-hydrogen) atoms. The van der Waals surface area contributed by atoms with Crippen LogP contribution in [-0.4, -0.2) is 43.7 Å². The van der Waals surface area contributed by atoms with Crippen LogP contribution in [-0.2, 0) is 4.79 Å². The third-order valence-corrected chi connectivity index (χ3v) is 3.56. The van der Waals surface area contributed by atoms with Crippen molar-refractivity contribution in [3.8, 4) is 0 Å². The maximum atomic E-state index is 11.0. The first kappa shape index (κ1) is 20.2. The minimum absolute atomic E-state index is 0.0686. The fraction of sp³-hybridized carbons (Fsp3) is 0.0667. The molecule has 0 aliphatic heterocycles. The predicted molar refractivity (Wildman–Crippen MR) is 92.0 cm³/mol. The summed E-state index contributed by atoms with van der Waals surface area (Å²) in [5, 5.41) is 30.7. The van der Waals surface area contributed by atoms with Crippen LogP contribution in [0.5, 0.6) is 0 Å². The van der Waals surface area contributed by atoms with E-state index in [4.69, 9.17) is 15.0 Å². The number of aromatic nitrogens is 3. The third-order valence-electron chi connectivity index (χ3n) is 3.07. The molecule has 8 nitrogen and oxygen atoms in total. The van der Waals surface area contributed by atoms with Gasteiger partial charge in [-0.25, -0.2) is 14.7 Å². The molecule has 0 aliphatic rings. The topological polar surface area (TPSA) is 128 Å². The van der Waals surface area contributed by atoms with Gasteiger partial charge in [0.05, 0.1) is 0 Å². The van der Waals surface area contributed by atoms with Gasteiger partial charge in [0.1, 0.15) is 0 Å². The van der Waals surface area contributed by atoms with E-state index in [0.717, 1.165) is 20.9 Å². The Bertz CT molecular complexity index is 991. The van der Waals surface area contributed by atoms with Gasteiger partial charge in [-0.15, -0.1) is 5.10 Å². The van der Waals surface area contributed by atoms with Crippen molar-refractivity contribution < 1.29 is 33.0 Å². The molecule has 0 atom stereocenters. The van der Waals surface area contributed by atoms with Crippen LogP contribution in [0.1, 0.15) is 10.5 Å². The van der Waals surface area contributed by atoms with Crippen LogP contribution in [0.25, 0.3) is 10.8 Å². The Morgan fingerprint density at radius 1 is 1.07 bits per heavy atom. The molecule has 0 bridgehead atoms. The summed E-state index contributed by atoms with van der Waals surface area (Å²) in [5.41, 5.74) is 0.678. The Balaban J connectivity index is 0.000000321. The van der Waals surface area contributed by atoms with Crippen molar-refractivity contribution in [2.24, 2.45) is 0 Å². The molecule has 2 aromatic carbocycles. The smallest absolute Gasteiger partial charge is 0.476 e. The molecule has 0 saturated heterocycles. The van der Waals surface area contributed by atoms with Crippen molar-refractivity contribution in [1.29, 1.82) is 0 Å². The number of nitrogens with zero attached hydrogens (tertiary/aromatic N) is 2. The molecule has 0 unspecified atom stereocenters. The quantitative estimate of drug-likeness (QED) is 0.481. The zero-order valence-electron chi connectivity index (χ0n) is 13.1. The molecule has 142 valence electrons. The Hall–Kier alpha value is -3.15. The van der Waals surface area contributed by atoms with Crippen molar-refractivity contribution in [3.63, 3.8) is 0 Å². The van der Waals surface area contributed by atoms with Crippen LogP contribution in [0.4, 0.5) is 24.7 Å². The van der Waals surface area contributed by atoms with Gasteiger partial charge in [-0.1, -0.05) is 33.3 Å². The van der Waals surface area contributed by atoms with Gasteiger partial charge in [0.2, 0.25) is 0 Å². The summed E-state index contributed by atoms with van der Waals surface area (Å²) in [6.07, 6.45) is -5.08. The van der Waals surface area contributed by atoms with E-state index < -0.39 is 18.1 Å². The largest absolute Gasteiger partial charge is 0.490 e. The summed E-state index contributed by atoms with van der Waals surface area (Å²) in [4.78, 5) is 19.9. The van der Waals surface area contributed by atoms with E-state index in [0.29, 0.717) is 0 Å². The lowest BCUT2D eigenvalue weighted by atomic mass is 10.1. The van der Waals surface area contributed by atoms with E-state index in [9.17, 15) is 18.0 Å². The molecule has 0 radical (unpaired) electrons. The lowest BCUT2D eigenvalue weighted by Crippen LogP contribution is -2.21. The number of anilines is 2. The van der Waals surface area contributed by atoms with Crippen LogP contribution in [0, 0.1) is 0 Å². The van der Waals surface area contributed by atoms with E-state index in [1.54, 1.807) is 0 Å². The van der Waals surface area contributed by atoms with Gasteiger partial charge in [-0.3, -0.25) is 0 Å². The summed E-state index contributed by atoms with van der Waals surface area (Å²) in [5.74, 6) is -3.68. The summed E-state index contributed by atoms with van der Waals surface area (Å²) in [6.45, 7) is 0. The number of hydrogen-bond acceptors (Lipinski definition) is 5. The summed E-state index contributed by atoms with van der Waals surface area (Å²) in [7, 11) is 0. The second-order valence-corrected chi connectivity index (χ2v) is 5.89. The molecular weight excluding hydrogens is 437 g/mol. The molecule has 0 spiro atoms. The van der Waals surface area contributed by atoms with Gasteiger partial charge in [-0.05, 0) is 35.0 Å². The summed E-state index contributed by atoms with van der Waals surface area (Å²) < 4.78 is 32.7. The monoisotopic (exact) mass is 446 g/mol. The van der Waals surface area contributed by atoms with E-state index in [1.165, 1.54) is 0 Å². The fourth-order valence-electron chi connectivity index (χ4n) is 1.90. The highest BCUT2D eigenvalue weighted by Gasteiger charge is 2.38. The number of fused-ring (bicyclic) bond motifs is 1. The Morgan fingerprint density at radius 2 is 1.67 bits per heavy atom. The normalized spacial score (nSPS) is 10.8. The lowest BCUT2D eigenvalue weighted by molar-refractivity contribution is -0.192. The molecule has 0 saturated carbocycles. The lowest BCUT2D eigenvalue weighted by Gasteiger charge is -2.05. The van der Waals surface area contributed by atoms with Gasteiger partial charge in [0.25, 0.3) is 0 Å². The zero-order chi connectivity index (χ0) is 20.2. The Labute approximate surface area is 157 Å². The molecule has 0 amide bonds. The second-order valence-electron chi connectivity index (χ2n) is 4.97. The molecule has 4 N–H and O–H groups in total. The van der Waals surface area contributed by atoms with Gasteiger partial charge in [0.15, 0.2) is 11.5 Å². The number of carbonyl (C=O) groups is 2. The van der Waals surface area contributed by atoms with Crippen LogP contribution >= 0.6 is 15.9 Å². The summed E-state index contributed by atoms with van der Waals surface area (Å²) in [6, 6.07) is 11.7. The van der Waals surface area contributed by atoms with Crippen molar-refractivity contribution in [2.45, 2.75) is 6.18 Å². The zero-order valence-corrected chi connectivity index (χ0v) is 14.7. The molecular formula is C15H10BrF3N4O4. The maximum absolute atomic E-state index is 11.0. The average Bonchev–Trinajstić information content (AvgIpc) is 3.03. The Morgan fingerprint density at radius 3 is 2.26 bits per heavy atom. The number of nitrogens with one attached hydrogen (secondary N) is 2. The number of aromatic carboxylic acids is 1. The SMILES string of the molecule is O=C(O)C(F)(F)F.O=C(O)c1[nH]nnc1Nc1ccc2cc(Br)ccc2c1. The van der Waals surface area contributed by atoms with Gasteiger partial charge >= 0.3 is 18.1 Å². The second kappa shape index (κ2) is 8.03. The van der Waals surface area contributed by atoms with Gasteiger partial charge < -0.3 is 15.5 Å². The van der Waals surface area contributed by atoms with Crippen molar-refractivity contribution >= 4 is 50.1 Å². The number of halogens is 4. The predicted octanol–water partition coefficient (Wildman–Crippen LogP) is 3.80. The molecule has 3 rings (SSSR count). The first-order valence-electron chi connectivity index (χ1n) is 6.98. The maximum Gasteiger partial charge on any atom is 0.490 e. The number of aliphatic carboxylic acids is 1. The van der Waals surface area contributed by atoms with E-state index in [2.05, 4.69) is 36.7 Å². The number of carboxylic acids is 2. The average molecular weight is 447 g/mol. The van der Waals surface area contributed by atoms with Crippen LogP contribution in [0.2, 0.25) is 0 Å². The van der Waals surface area contributed by atoms with Gasteiger partial charge in [-0.2, -0.15) is 13.2 Å². The number of carboxylic acid groups (broad SMARTS) is 2. The number of hydrogen-bond donors (Lipinski definition) is 4. The van der Waals surface area contributed by atoms with Crippen molar-refractivity contribution in [2.75, 3.05) is 5.32 Å². The Kier molecular flexibility index (Phi) is 6.00. The van der Waals surface area contributed by atoms with Crippen molar-refractivity contribution in [1.82, 2.24) is 15.4 Å². The third kappa shape index (κ3) is 5.41. The summed E-state index contributed by atoms with van der Waals surface area (Å²) >= 11 is 3.42. The number of benzene rings is 2. The number of rotatable bonds is 3. The minimum atomic E-state index is -5.08. The van der Waals surface area contributed by atoms with Crippen LogP contribution < -0.4 is 5.32 Å². The molecule has 0 aliphatic carbocycles.